The lowest BCUT2D eigenvalue weighted by Gasteiger charge is -2.21. The fraction of sp³-hybridized carbons (Fsp3) is 0.250. The second-order valence-corrected chi connectivity index (χ2v) is 6.75. The van der Waals surface area contributed by atoms with Crippen LogP contribution >= 0.6 is 11.6 Å². The van der Waals surface area contributed by atoms with Gasteiger partial charge in [0.2, 0.25) is 0 Å². The molecule has 3 N–H and O–H groups in total. The summed E-state index contributed by atoms with van der Waals surface area (Å²) in [6.07, 6.45) is 0. The van der Waals surface area contributed by atoms with Crippen molar-refractivity contribution in [2.75, 3.05) is 31.3 Å². The first kappa shape index (κ1) is 21.2. The van der Waals surface area contributed by atoms with Gasteiger partial charge in [-0.2, -0.15) is 5.26 Å². The van der Waals surface area contributed by atoms with E-state index < -0.39 is 6.04 Å². The number of carbonyl (C=O) groups excluding carboxylic acids is 2. The monoisotopic (exact) mass is 401 g/mol. The average Bonchev–Trinajstić information content (AvgIpc) is 2.68. The minimum Gasteiger partial charge on any atom is -0.495 e. The summed E-state index contributed by atoms with van der Waals surface area (Å²) in [5, 5.41) is 14.8. The van der Waals surface area contributed by atoms with Crippen LogP contribution in [0.4, 0.5) is 11.4 Å². The number of nitrogens with zero attached hydrogens (tertiary/aromatic N) is 1. The van der Waals surface area contributed by atoms with Gasteiger partial charge in [-0.1, -0.05) is 11.6 Å². The van der Waals surface area contributed by atoms with Crippen molar-refractivity contribution in [3.05, 3.63) is 53.1 Å². The number of amides is 2. The first-order valence-electron chi connectivity index (χ1n) is 8.60. The molecule has 1 unspecified atom stereocenters. The van der Waals surface area contributed by atoms with E-state index in [4.69, 9.17) is 21.6 Å². The number of nitrogens with one attached hydrogen (secondary N) is 3. The maximum absolute atomic E-state index is 12.4. The molecule has 146 valence electrons. The number of anilines is 2. The van der Waals surface area contributed by atoms with Crippen molar-refractivity contribution in [3.8, 4) is 11.8 Å². The van der Waals surface area contributed by atoms with Gasteiger partial charge in [0.25, 0.3) is 11.8 Å². The molecule has 0 spiro atoms. The van der Waals surface area contributed by atoms with Gasteiger partial charge in [-0.25, -0.2) is 0 Å². The van der Waals surface area contributed by atoms with E-state index in [0.717, 1.165) is 0 Å². The van der Waals surface area contributed by atoms with Crippen LogP contribution in [0.1, 0.15) is 12.5 Å². The molecule has 28 heavy (non-hydrogen) atoms. The predicted molar refractivity (Wildman–Crippen MR) is 108 cm³/mol. The highest BCUT2D eigenvalue weighted by atomic mass is 35.5. The highest BCUT2D eigenvalue weighted by Crippen LogP contribution is 2.27. The van der Waals surface area contributed by atoms with E-state index in [9.17, 15) is 9.59 Å². The Morgan fingerprint density at radius 2 is 1.89 bits per heavy atom. The lowest BCUT2D eigenvalue weighted by atomic mass is 10.2. The summed E-state index contributed by atoms with van der Waals surface area (Å²) in [4.78, 5) is 25.5. The molecular formula is C20H22ClN4O3+. The molecule has 7 nitrogen and oxygen atoms in total. The van der Waals surface area contributed by atoms with Crippen molar-refractivity contribution in [1.82, 2.24) is 0 Å². The maximum atomic E-state index is 12.4. The Labute approximate surface area is 168 Å². The van der Waals surface area contributed by atoms with Crippen LogP contribution in [-0.4, -0.2) is 38.6 Å². The Morgan fingerprint density at radius 3 is 2.50 bits per heavy atom. The molecule has 0 aliphatic carbocycles. The molecule has 0 aliphatic rings. The van der Waals surface area contributed by atoms with Gasteiger partial charge in [-0.15, -0.1) is 0 Å². The quantitative estimate of drug-likeness (QED) is 0.658. The number of rotatable bonds is 7. The predicted octanol–water partition coefficient (Wildman–Crippen LogP) is 1.70. The van der Waals surface area contributed by atoms with Crippen LogP contribution in [0.25, 0.3) is 0 Å². The molecule has 2 aromatic rings. The van der Waals surface area contributed by atoms with E-state index in [1.807, 2.05) is 6.07 Å². The number of likely N-dealkylation sites (N-methyl/N-ethyl adjacent to an activating group) is 1. The molecule has 0 aromatic heterocycles. The summed E-state index contributed by atoms with van der Waals surface area (Å²) >= 11 is 5.97. The zero-order chi connectivity index (χ0) is 20.7. The molecule has 0 saturated carbocycles. The van der Waals surface area contributed by atoms with Crippen LogP contribution in [0.2, 0.25) is 5.02 Å². The summed E-state index contributed by atoms with van der Waals surface area (Å²) in [7, 11) is 3.27. The van der Waals surface area contributed by atoms with E-state index in [1.165, 1.54) is 7.11 Å². The van der Waals surface area contributed by atoms with Crippen LogP contribution in [0.3, 0.4) is 0 Å². The number of hydrogen-bond donors (Lipinski definition) is 3. The summed E-state index contributed by atoms with van der Waals surface area (Å²) in [6.45, 7) is 1.82. The van der Waals surface area contributed by atoms with Crippen molar-refractivity contribution in [2.45, 2.75) is 13.0 Å². The second-order valence-electron chi connectivity index (χ2n) is 6.32. The summed E-state index contributed by atoms with van der Waals surface area (Å²) in [6, 6.07) is 13.1. The third kappa shape index (κ3) is 5.71. The maximum Gasteiger partial charge on any atom is 0.282 e. The van der Waals surface area contributed by atoms with Gasteiger partial charge in [-0.05, 0) is 49.4 Å². The Balaban J connectivity index is 1.94. The third-order valence-corrected chi connectivity index (χ3v) is 4.52. The fourth-order valence-corrected chi connectivity index (χ4v) is 2.65. The molecule has 0 fully saturated rings. The van der Waals surface area contributed by atoms with Crippen molar-refractivity contribution in [3.63, 3.8) is 0 Å². The molecule has 0 aliphatic heterocycles. The Morgan fingerprint density at radius 1 is 1.21 bits per heavy atom. The lowest BCUT2D eigenvalue weighted by Crippen LogP contribution is -3.14. The molecule has 2 amide bonds. The van der Waals surface area contributed by atoms with Crippen LogP contribution in [0, 0.1) is 11.3 Å². The van der Waals surface area contributed by atoms with Crippen molar-refractivity contribution in [2.24, 2.45) is 0 Å². The minimum atomic E-state index is -0.470. The number of benzene rings is 2. The summed E-state index contributed by atoms with van der Waals surface area (Å²) in [5.74, 6) is 0.00782. The summed E-state index contributed by atoms with van der Waals surface area (Å²) < 4.78 is 5.21. The molecule has 8 heteroatoms. The van der Waals surface area contributed by atoms with Crippen molar-refractivity contribution >= 4 is 34.8 Å². The van der Waals surface area contributed by atoms with Gasteiger partial charge >= 0.3 is 0 Å². The fourth-order valence-electron chi connectivity index (χ4n) is 2.48. The van der Waals surface area contributed by atoms with Gasteiger partial charge in [0.1, 0.15) is 5.75 Å². The number of carbonyl (C=O) groups is 2. The molecule has 0 bridgehead atoms. The van der Waals surface area contributed by atoms with E-state index in [2.05, 4.69) is 10.6 Å². The van der Waals surface area contributed by atoms with E-state index in [0.29, 0.717) is 32.6 Å². The highest BCUT2D eigenvalue weighted by molar-refractivity contribution is 6.31. The lowest BCUT2D eigenvalue weighted by molar-refractivity contribution is -0.885. The standard InChI is InChI=1S/C20H21ClN4O3/c1-13(20(27)23-16-7-4-14(11-22)5-8-16)25(2)12-19(26)24-17-10-15(21)6-9-18(17)28-3/h4-10,13H,12H2,1-3H3,(H,23,27)(H,24,26)/p+1/t13-/m0/s1. The van der Waals surface area contributed by atoms with E-state index in [-0.39, 0.29) is 18.4 Å². The zero-order valence-corrected chi connectivity index (χ0v) is 16.6. The van der Waals surface area contributed by atoms with Gasteiger partial charge in [0.05, 0.1) is 31.5 Å². The Hall–Kier alpha value is -3.08. The molecule has 2 atom stereocenters. The number of ether oxygens (including phenoxy) is 1. The number of halogens is 1. The molecule has 0 saturated heterocycles. The second kappa shape index (κ2) is 9.74. The van der Waals surface area contributed by atoms with Gasteiger partial charge in [0.15, 0.2) is 12.6 Å². The third-order valence-electron chi connectivity index (χ3n) is 4.29. The van der Waals surface area contributed by atoms with E-state index in [1.54, 1.807) is 56.4 Å². The first-order chi connectivity index (χ1) is 13.3. The SMILES string of the molecule is COc1ccc(Cl)cc1NC(=O)C[NH+](C)[C@@H](C)C(=O)Nc1ccc(C#N)cc1. The van der Waals surface area contributed by atoms with Crippen LogP contribution < -0.4 is 20.3 Å². The highest BCUT2D eigenvalue weighted by Gasteiger charge is 2.24. The zero-order valence-electron chi connectivity index (χ0n) is 15.9. The number of nitriles is 1. The van der Waals surface area contributed by atoms with E-state index >= 15 is 0 Å². The van der Waals surface area contributed by atoms with Crippen molar-refractivity contribution in [1.29, 1.82) is 5.26 Å². The average molecular weight is 402 g/mol. The molecular weight excluding hydrogens is 380 g/mol. The van der Waals surface area contributed by atoms with Gasteiger partial charge in [0, 0.05) is 10.7 Å². The number of hydrogen-bond acceptors (Lipinski definition) is 4. The molecule has 2 aromatic carbocycles. The van der Waals surface area contributed by atoms with Crippen LogP contribution in [0.5, 0.6) is 5.75 Å². The summed E-state index contributed by atoms with van der Waals surface area (Å²) in [5.41, 5.74) is 1.58. The molecule has 0 radical (unpaired) electrons. The molecule has 2 rings (SSSR count). The minimum absolute atomic E-state index is 0.0810. The first-order valence-corrected chi connectivity index (χ1v) is 8.98. The van der Waals surface area contributed by atoms with Crippen molar-refractivity contribution < 1.29 is 19.2 Å². The Bertz CT molecular complexity index is 893. The number of quaternary nitrogens is 1. The Kier molecular flexibility index (Phi) is 7.38. The topological polar surface area (TPSA) is 95.7 Å². The van der Waals surface area contributed by atoms with Gasteiger partial charge < -0.3 is 20.3 Å². The molecule has 0 heterocycles. The number of methoxy groups -OCH3 is 1. The normalized spacial score (nSPS) is 12.4. The van der Waals surface area contributed by atoms with Gasteiger partial charge in [-0.3, -0.25) is 9.59 Å². The smallest absolute Gasteiger partial charge is 0.282 e. The van der Waals surface area contributed by atoms with Crippen LogP contribution in [-0.2, 0) is 9.59 Å². The largest absolute Gasteiger partial charge is 0.495 e. The van der Waals surface area contributed by atoms with Crippen LogP contribution in [0.15, 0.2) is 42.5 Å².